The van der Waals surface area contributed by atoms with Crippen LogP contribution in [0.15, 0.2) is 24.3 Å². The molecule has 12 heteroatoms. The smallest absolute Gasteiger partial charge is 0.351 e. The first kappa shape index (κ1) is 25.6. The van der Waals surface area contributed by atoms with E-state index in [1.807, 2.05) is 0 Å². The lowest BCUT2D eigenvalue weighted by Gasteiger charge is -2.37. The molecule has 1 aliphatic heterocycles. The van der Waals surface area contributed by atoms with Crippen LogP contribution in [0.3, 0.4) is 0 Å². The van der Waals surface area contributed by atoms with Crippen molar-refractivity contribution in [2.45, 2.75) is 31.3 Å². The van der Waals surface area contributed by atoms with Crippen molar-refractivity contribution in [1.82, 2.24) is 10.2 Å². The number of nitrogens with two attached hydrogens (primary N) is 1. The summed E-state index contributed by atoms with van der Waals surface area (Å²) in [6, 6.07) is 5.60. The molecule has 1 aromatic rings. The number of rotatable bonds is 10. The summed E-state index contributed by atoms with van der Waals surface area (Å²) in [5.74, 6) is -4.86. The minimum atomic E-state index is -2.43. The molecular formula is C20H27N3O8S. The number of hydrogen-bond acceptors (Lipinski definition) is 10. The van der Waals surface area contributed by atoms with E-state index in [1.54, 1.807) is 6.26 Å². The normalized spacial score (nSPS) is 22.4. The molecule has 1 fully saturated rings. The molecule has 2 rings (SSSR count). The zero-order valence-electron chi connectivity index (χ0n) is 17.8. The van der Waals surface area contributed by atoms with Crippen molar-refractivity contribution in [3.05, 3.63) is 35.4 Å². The molecule has 0 saturated carbocycles. The number of carbonyl (C=O) groups excluding carboxylic acids is 4. The highest BCUT2D eigenvalue weighted by molar-refractivity contribution is 7.98. The molecule has 0 radical (unpaired) electrons. The summed E-state index contributed by atoms with van der Waals surface area (Å²) in [5.41, 5.74) is 4.39. The molecule has 32 heavy (non-hydrogen) atoms. The number of aliphatic hydroxyl groups is 2. The lowest BCUT2D eigenvalue weighted by atomic mass is 10.0. The number of carbonyl (C=O) groups is 4. The molecule has 0 spiro atoms. The van der Waals surface area contributed by atoms with Gasteiger partial charge in [0, 0.05) is 24.5 Å². The van der Waals surface area contributed by atoms with Gasteiger partial charge in [0.1, 0.15) is 6.61 Å². The number of cyclic esters (lactones) is 1. The van der Waals surface area contributed by atoms with Crippen LogP contribution >= 0.6 is 11.8 Å². The van der Waals surface area contributed by atoms with E-state index in [-0.39, 0.29) is 30.7 Å². The Morgan fingerprint density at radius 1 is 1.28 bits per heavy atom. The quantitative estimate of drug-likeness (QED) is 0.257. The van der Waals surface area contributed by atoms with Gasteiger partial charge in [-0.3, -0.25) is 20.1 Å². The summed E-state index contributed by atoms with van der Waals surface area (Å²) in [7, 11) is 0. The maximum absolute atomic E-state index is 13.3. The highest BCUT2D eigenvalue weighted by Gasteiger charge is 2.62. The van der Waals surface area contributed by atoms with Gasteiger partial charge in [-0.05, 0) is 30.2 Å². The van der Waals surface area contributed by atoms with Gasteiger partial charge in [-0.15, -0.1) is 0 Å². The number of amides is 2. The van der Waals surface area contributed by atoms with Crippen LogP contribution in [-0.2, 0) is 19.1 Å². The van der Waals surface area contributed by atoms with Crippen molar-refractivity contribution in [2.24, 2.45) is 5.73 Å². The van der Waals surface area contributed by atoms with E-state index in [2.05, 4.69) is 5.32 Å². The predicted octanol–water partition coefficient (Wildman–Crippen LogP) is -0.585. The average Bonchev–Trinajstić information content (AvgIpc) is 2.94. The summed E-state index contributed by atoms with van der Waals surface area (Å²) >= 11 is 1.39. The van der Waals surface area contributed by atoms with E-state index < -0.39 is 48.4 Å². The van der Waals surface area contributed by atoms with Crippen LogP contribution in [0, 0.1) is 0 Å². The van der Waals surface area contributed by atoms with Crippen molar-refractivity contribution in [1.29, 1.82) is 0 Å². The third-order valence-corrected chi connectivity index (χ3v) is 5.36. The number of aliphatic hydroxyl groups excluding tert-OH is 1. The van der Waals surface area contributed by atoms with E-state index in [1.165, 1.54) is 43.0 Å². The molecule has 1 aliphatic rings. The largest absolute Gasteiger partial charge is 0.464 e. The SMILES string of the molecule is CSCCC1(N)C(=O)OC(O)(CCO)N1C(=O)c1cccc(C(=O)NCCOC(C)=O)c1. The summed E-state index contributed by atoms with van der Waals surface area (Å²) in [5, 5.41) is 22.7. The topological polar surface area (TPSA) is 168 Å². The third-order valence-electron chi connectivity index (χ3n) is 4.75. The van der Waals surface area contributed by atoms with Crippen molar-refractivity contribution >= 4 is 35.5 Å². The number of ether oxygens (including phenoxy) is 2. The number of esters is 2. The van der Waals surface area contributed by atoms with Gasteiger partial charge in [0.15, 0.2) is 5.66 Å². The van der Waals surface area contributed by atoms with E-state index >= 15 is 0 Å². The maximum Gasteiger partial charge on any atom is 0.351 e. The molecule has 0 aromatic heterocycles. The van der Waals surface area contributed by atoms with E-state index in [9.17, 15) is 29.4 Å². The monoisotopic (exact) mass is 469 g/mol. The number of thioether (sulfide) groups is 1. The molecule has 0 bridgehead atoms. The molecule has 2 atom stereocenters. The Hall–Kier alpha value is -2.67. The molecule has 5 N–H and O–H groups in total. The zero-order valence-corrected chi connectivity index (χ0v) is 18.6. The molecule has 1 heterocycles. The minimum Gasteiger partial charge on any atom is -0.464 e. The minimum absolute atomic E-state index is 0.00278. The van der Waals surface area contributed by atoms with Crippen LogP contribution in [0.25, 0.3) is 0 Å². The molecule has 2 amide bonds. The van der Waals surface area contributed by atoms with E-state index in [0.717, 1.165) is 4.90 Å². The summed E-state index contributed by atoms with van der Waals surface area (Å²) in [4.78, 5) is 49.7. The van der Waals surface area contributed by atoms with Gasteiger partial charge >= 0.3 is 17.8 Å². The number of hydrogen-bond donors (Lipinski definition) is 4. The Bertz CT molecular complexity index is 882. The Balaban J connectivity index is 2.30. The Kier molecular flexibility index (Phi) is 8.61. The van der Waals surface area contributed by atoms with Crippen LogP contribution in [0.1, 0.15) is 40.5 Å². The van der Waals surface area contributed by atoms with Gasteiger partial charge in [-0.1, -0.05) is 6.07 Å². The first-order chi connectivity index (χ1) is 15.1. The average molecular weight is 470 g/mol. The number of nitrogens with zero attached hydrogens (tertiary/aromatic N) is 1. The molecule has 11 nitrogen and oxygen atoms in total. The predicted molar refractivity (Wildman–Crippen MR) is 114 cm³/mol. The Labute approximate surface area is 189 Å². The first-order valence-electron chi connectivity index (χ1n) is 9.80. The van der Waals surface area contributed by atoms with Crippen molar-refractivity contribution in [3.63, 3.8) is 0 Å². The summed E-state index contributed by atoms with van der Waals surface area (Å²) < 4.78 is 9.77. The molecule has 0 aliphatic carbocycles. The first-order valence-corrected chi connectivity index (χ1v) is 11.2. The van der Waals surface area contributed by atoms with Crippen molar-refractivity contribution in [2.75, 3.05) is 31.8 Å². The van der Waals surface area contributed by atoms with Crippen LogP contribution in [0.2, 0.25) is 0 Å². The summed E-state index contributed by atoms with van der Waals surface area (Å²) in [6.45, 7) is 0.740. The van der Waals surface area contributed by atoms with Gasteiger partial charge < -0.3 is 25.0 Å². The van der Waals surface area contributed by atoms with Crippen LogP contribution in [0.5, 0.6) is 0 Å². The highest BCUT2D eigenvalue weighted by atomic mass is 32.2. The number of nitrogens with one attached hydrogen (secondary N) is 1. The zero-order chi connectivity index (χ0) is 23.9. The second-order valence-electron chi connectivity index (χ2n) is 7.09. The lowest BCUT2D eigenvalue weighted by molar-refractivity contribution is -0.238. The Morgan fingerprint density at radius 3 is 2.59 bits per heavy atom. The van der Waals surface area contributed by atoms with Crippen LogP contribution in [0.4, 0.5) is 0 Å². The van der Waals surface area contributed by atoms with Crippen LogP contribution in [-0.4, -0.2) is 82.2 Å². The summed E-state index contributed by atoms with van der Waals surface area (Å²) in [6.07, 6.45) is 1.33. The second-order valence-corrected chi connectivity index (χ2v) is 8.08. The molecular weight excluding hydrogens is 442 g/mol. The van der Waals surface area contributed by atoms with Crippen LogP contribution < -0.4 is 11.1 Å². The van der Waals surface area contributed by atoms with Gasteiger partial charge in [0.25, 0.3) is 11.8 Å². The fraction of sp³-hybridized carbons (Fsp3) is 0.500. The van der Waals surface area contributed by atoms with Crippen molar-refractivity contribution < 1.29 is 38.9 Å². The fourth-order valence-corrected chi connectivity index (χ4v) is 3.70. The Morgan fingerprint density at radius 2 is 1.97 bits per heavy atom. The maximum atomic E-state index is 13.3. The molecule has 1 aromatic carbocycles. The molecule has 176 valence electrons. The van der Waals surface area contributed by atoms with Crippen molar-refractivity contribution in [3.8, 4) is 0 Å². The van der Waals surface area contributed by atoms with Gasteiger partial charge in [0.2, 0.25) is 0 Å². The number of benzene rings is 1. The van der Waals surface area contributed by atoms with Gasteiger partial charge in [-0.2, -0.15) is 11.8 Å². The van der Waals surface area contributed by atoms with E-state index in [4.69, 9.17) is 15.2 Å². The second kappa shape index (κ2) is 10.8. The fourth-order valence-electron chi connectivity index (χ4n) is 3.19. The van der Waals surface area contributed by atoms with Gasteiger partial charge in [0.05, 0.1) is 19.6 Å². The lowest BCUT2D eigenvalue weighted by Crippen LogP contribution is -2.64. The molecule has 1 saturated heterocycles. The highest BCUT2D eigenvalue weighted by Crippen LogP contribution is 2.38. The standard InChI is InChI=1S/C20H27N3O8S/c1-13(25)30-10-8-22-16(26)14-4-3-5-15(12-14)17(27)23-19(21,7-11-32-2)18(28)31-20(23,29)6-9-24/h3-5,12,24,29H,6-11,21H2,1-2H3,(H,22,26). The van der Waals surface area contributed by atoms with E-state index in [0.29, 0.717) is 5.75 Å². The molecule has 2 unspecified atom stereocenters. The third kappa shape index (κ3) is 5.57. The van der Waals surface area contributed by atoms with Gasteiger partial charge in [-0.25, -0.2) is 9.69 Å².